The van der Waals surface area contributed by atoms with Crippen LogP contribution in [0.5, 0.6) is 0 Å². The maximum atomic E-state index is 6.08. The van der Waals surface area contributed by atoms with E-state index < -0.39 is 0 Å². The molecule has 3 atom stereocenters. The lowest BCUT2D eigenvalue weighted by molar-refractivity contribution is 0.349. The highest BCUT2D eigenvalue weighted by molar-refractivity contribution is 6.42. The van der Waals surface area contributed by atoms with E-state index in [4.69, 9.17) is 23.2 Å². The van der Waals surface area contributed by atoms with Crippen LogP contribution in [0, 0.1) is 17.8 Å². The molecule has 0 amide bonds. The molecular weight excluding hydrogens is 265 g/mol. The van der Waals surface area contributed by atoms with Crippen LogP contribution in [0.25, 0.3) is 0 Å². The van der Waals surface area contributed by atoms with Gasteiger partial charge in [0.1, 0.15) is 0 Å². The molecule has 3 rings (SSSR count). The van der Waals surface area contributed by atoms with Gasteiger partial charge in [0.05, 0.1) is 10.0 Å². The largest absolute Gasteiger partial charge is 0.316 e. The van der Waals surface area contributed by atoms with E-state index in [-0.39, 0.29) is 0 Å². The van der Waals surface area contributed by atoms with E-state index in [0.717, 1.165) is 24.2 Å². The van der Waals surface area contributed by atoms with Gasteiger partial charge in [-0.2, -0.15) is 0 Å². The summed E-state index contributed by atoms with van der Waals surface area (Å²) in [6.07, 6.45) is 5.37. The van der Waals surface area contributed by atoms with Gasteiger partial charge in [0.15, 0.2) is 0 Å². The first-order valence-electron chi connectivity index (χ1n) is 6.78. The molecule has 1 N–H and O–H groups in total. The Morgan fingerprint density at radius 3 is 2.50 bits per heavy atom. The lowest BCUT2D eigenvalue weighted by Crippen LogP contribution is -2.35. The molecule has 0 aliphatic heterocycles. The van der Waals surface area contributed by atoms with Crippen LogP contribution in [-0.4, -0.2) is 13.1 Å². The topological polar surface area (TPSA) is 12.0 Å². The second-order valence-electron chi connectivity index (χ2n) is 5.84. The molecule has 2 fully saturated rings. The Morgan fingerprint density at radius 1 is 1.17 bits per heavy atom. The average molecular weight is 284 g/mol. The summed E-state index contributed by atoms with van der Waals surface area (Å²) in [6, 6.07) is 6.57. The first kappa shape index (κ1) is 12.8. The highest BCUT2D eigenvalue weighted by Crippen LogP contribution is 2.55. The Labute approximate surface area is 119 Å². The van der Waals surface area contributed by atoms with Crippen molar-refractivity contribution in [3.05, 3.63) is 33.8 Å². The fraction of sp³-hybridized carbons (Fsp3) is 0.600. The highest BCUT2D eigenvalue weighted by Gasteiger charge is 2.47. The molecule has 1 aromatic rings. The number of nitrogens with one attached hydrogen (secondary N) is 1. The lowest BCUT2D eigenvalue weighted by Gasteiger charge is -2.24. The van der Waals surface area contributed by atoms with Crippen LogP contribution in [0.15, 0.2) is 18.2 Å². The summed E-state index contributed by atoms with van der Waals surface area (Å²) in [6.45, 7) is 0. The predicted octanol–water partition coefficient (Wildman–Crippen LogP) is 4.17. The molecule has 2 aliphatic rings. The van der Waals surface area contributed by atoms with Gasteiger partial charge in [0, 0.05) is 6.04 Å². The van der Waals surface area contributed by atoms with Gasteiger partial charge < -0.3 is 5.32 Å². The van der Waals surface area contributed by atoms with Crippen LogP contribution in [0.4, 0.5) is 0 Å². The maximum absolute atomic E-state index is 6.08. The summed E-state index contributed by atoms with van der Waals surface area (Å²) >= 11 is 12.0. The summed E-state index contributed by atoms with van der Waals surface area (Å²) in [5.41, 5.74) is 1.28. The van der Waals surface area contributed by atoms with Gasteiger partial charge in [0.25, 0.3) is 0 Å². The monoisotopic (exact) mass is 283 g/mol. The van der Waals surface area contributed by atoms with Crippen LogP contribution in [0.3, 0.4) is 0 Å². The van der Waals surface area contributed by atoms with Crippen LogP contribution in [0.2, 0.25) is 10.0 Å². The van der Waals surface area contributed by atoms with E-state index in [9.17, 15) is 0 Å². The number of benzene rings is 1. The maximum Gasteiger partial charge on any atom is 0.0595 e. The Balaban J connectivity index is 1.67. The molecule has 3 unspecified atom stereocenters. The highest BCUT2D eigenvalue weighted by atomic mass is 35.5. The number of fused-ring (bicyclic) bond motifs is 1. The normalized spacial score (nSPS) is 31.2. The van der Waals surface area contributed by atoms with Crippen molar-refractivity contribution in [3.8, 4) is 0 Å². The number of hydrogen-bond donors (Lipinski definition) is 1. The molecule has 1 nitrogen and oxygen atoms in total. The zero-order chi connectivity index (χ0) is 12.7. The number of likely N-dealkylation sites (N-methyl/N-ethyl adjacent to an activating group) is 1. The molecule has 3 heteroatoms. The van der Waals surface area contributed by atoms with Crippen molar-refractivity contribution in [2.75, 3.05) is 7.05 Å². The predicted molar refractivity (Wildman–Crippen MR) is 77.3 cm³/mol. The van der Waals surface area contributed by atoms with Gasteiger partial charge in [-0.25, -0.2) is 0 Å². The second-order valence-corrected chi connectivity index (χ2v) is 6.65. The minimum absolute atomic E-state index is 0.579. The summed E-state index contributed by atoms with van der Waals surface area (Å²) < 4.78 is 0. The summed E-state index contributed by atoms with van der Waals surface area (Å²) in [4.78, 5) is 0. The number of halogens is 2. The van der Waals surface area contributed by atoms with Gasteiger partial charge in [-0.05, 0) is 68.2 Å². The van der Waals surface area contributed by atoms with E-state index in [1.54, 1.807) is 0 Å². The van der Waals surface area contributed by atoms with Gasteiger partial charge >= 0.3 is 0 Å². The summed E-state index contributed by atoms with van der Waals surface area (Å²) in [7, 11) is 2.08. The van der Waals surface area contributed by atoms with E-state index in [2.05, 4.69) is 18.4 Å². The fourth-order valence-electron chi connectivity index (χ4n) is 3.52. The SMILES string of the molecule is CNC(Cc1ccc(Cl)c(Cl)c1)C1CC2CC2C1. The third kappa shape index (κ3) is 2.54. The molecule has 2 aliphatic carbocycles. The average Bonchev–Trinajstić information content (AvgIpc) is 2.97. The molecule has 0 radical (unpaired) electrons. The molecule has 0 heterocycles. The van der Waals surface area contributed by atoms with Crippen LogP contribution in [0.1, 0.15) is 24.8 Å². The molecule has 2 saturated carbocycles. The number of hydrogen-bond acceptors (Lipinski definition) is 1. The quantitative estimate of drug-likeness (QED) is 0.875. The van der Waals surface area contributed by atoms with Crippen molar-refractivity contribution in [1.29, 1.82) is 0 Å². The van der Waals surface area contributed by atoms with Crippen molar-refractivity contribution >= 4 is 23.2 Å². The van der Waals surface area contributed by atoms with Gasteiger partial charge in [-0.1, -0.05) is 29.3 Å². The van der Waals surface area contributed by atoms with Gasteiger partial charge in [-0.3, -0.25) is 0 Å². The summed E-state index contributed by atoms with van der Waals surface area (Å²) in [5.74, 6) is 2.92. The van der Waals surface area contributed by atoms with E-state index >= 15 is 0 Å². The number of rotatable bonds is 4. The van der Waals surface area contributed by atoms with Crippen molar-refractivity contribution in [2.45, 2.75) is 31.7 Å². The van der Waals surface area contributed by atoms with Gasteiger partial charge in [0.2, 0.25) is 0 Å². The van der Waals surface area contributed by atoms with Crippen LogP contribution < -0.4 is 5.32 Å². The first-order chi connectivity index (χ1) is 8.67. The van der Waals surface area contributed by atoms with Crippen molar-refractivity contribution in [3.63, 3.8) is 0 Å². The minimum atomic E-state index is 0.579. The molecule has 0 spiro atoms. The first-order valence-corrected chi connectivity index (χ1v) is 7.54. The Morgan fingerprint density at radius 2 is 1.89 bits per heavy atom. The van der Waals surface area contributed by atoms with Crippen molar-refractivity contribution in [2.24, 2.45) is 17.8 Å². The van der Waals surface area contributed by atoms with E-state index in [0.29, 0.717) is 16.1 Å². The van der Waals surface area contributed by atoms with Gasteiger partial charge in [-0.15, -0.1) is 0 Å². The molecule has 1 aromatic carbocycles. The Bertz CT molecular complexity index is 436. The second kappa shape index (κ2) is 5.03. The molecule has 0 aromatic heterocycles. The van der Waals surface area contributed by atoms with Crippen molar-refractivity contribution < 1.29 is 0 Å². The molecule has 0 bridgehead atoms. The zero-order valence-electron chi connectivity index (χ0n) is 10.6. The lowest BCUT2D eigenvalue weighted by atomic mass is 9.90. The van der Waals surface area contributed by atoms with E-state index in [1.165, 1.54) is 24.8 Å². The third-order valence-corrected chi connectivity index (χ3v) is 5.40. The Hall–Kier alpha value is -0.240. The zero-order valence-corrected chi connectivity index (χ0v) is 12.1. The molecule has 0 saturated heterocycles. The third-order valence-electron chi connectivity index (χ3n) is 4.66. The molecular formula is C15H19Cl2N. The molecule has 98 valence electrons. The van der Waals surface area contributed by atoms with Crippen LogP contribution >= 0.6 is 23.2 Å². The fourth-order valence-corrected chi connectivity index (χ4v) is 3.84. The van der Waals surface area contributed by atoms with Crippen molar-refractivity contribution in [1.82, 2.24) is 5.32 Å². The van der Waals surface area contributed by atoms with Crippen LogP contribution in [-0.2, 0) is 6.42 Å². The minimum Gasteiger partial charge on any atom is -0.316 e. The smallest absolute Gasteiger partial charge is 0.0595 e. The summed E-state index contributed by atoms with van der Waals surface area (Å²) in [5, 5.41) is 4.80. The van der Waals surface area contributed by atoms with E-state index in [1.807, 2.05) is 12.1 Å². The molecule has 18 heavy (non-hydrogen) atoms. The standard InChI is InChI=1S/C15H19Cl2N/c1-18-15(12-7-10-6-11(10)8-12)5-9-2-3-13(16)14(17)4-9/h2-4,10-12,15,18H,5-8H2,1H3. The Kier molecular flexibility index (Phi) is 3.57.